The molecular formula is C12H18ClN3S. The summed E-state index contributed by atoms with van der Waals surface area (Å²) in [5, 5.41) is 8.45. The molecule has 0 unspecified atom stereocenters. The summed E-state index contributed by atoms with van der Waals surface area (Å²) in [6.07, 6.45) is 1.22. The lowest BCUT2D eigenvalue weighted by atomic mass is 10.1. The predicted molar refractivity (Wildman–Crippen MR) is 73.5 cm³/mol. The van der Waals surface area contributed by atoms with Gasteiger partial charge in [0, 0.05) is 23.6 Å². The maximum atomic E-state index is 5.73. The Morgan fingerprint density at radius 2 is 2.18 bits per heavy atom. The van der Waals surface area contributed by atoms with Crippen LogP contribution in [0.4, 0.5) is 0 Å². The Morgan fingerprint density at radius 3 is 2.88 bits per heavy atom. The molecule has 0 amide bonds. The molecule has 0 spiro atoms. The molecule has 1 aromatic heterocycles. The lowest BCUT2D eigenvalue weighted by Crippen LogP contribution is -2.27. The van der Waals surface area contributed by atoms with Crippen molar-refractivity contribution in [2.45, 2.75) is 31.6 Å². The summed E-state index contributed by atoms with van der Waals surface area (Å²) >= 11 is 7.79. The summed E-state index contributed by atoms with van der Waals surface area (Å²) in [4.78, 5) is 2.44. The van der Waals surface area contributed by atoms with Crippen LogP contribution in [-0.2, 0) is 6.54 Å². The summed E-state index contributed by atoms with van der Waals surface area (Å²) in [6, 6.07) is 3.76. The van der Waals surface area contributed by atoms with Crippen LogP contribution in [-0.4, -0.2) is 38.7 Å². The number of thioether (sulfide) groups is 1. The summed E-state index contributed by atoms with van der Waals surface area (Å²) in [5.74, 6) is 1.19. The van der Waals surface area contributed by atoms with E-state index in [4.69, 9.17) is 11.6 Å². The van der Waals surface area contributed by atoms with Crippen LogP contribution in [0.15, 0.2) is 12.1 Å². The molecule has 0 N–H and O–H groups in total. The number of rotatable bonds is 2. The van der Waals surface area contributed by atoms with E-state index in [9.17, 15) is 0 Å². The Kier molecular flexibility index (Phi) is 4.28. The second-order valence-electron chi connectivity index (χ2n) is 4.98. The van der Waals surface area contributed by atoms with E-state index >= 15 is 0 Å². The highest BCUT2D eigenvalue weighted by molar-refractivity contribution is 8.00. The number of hydrogen-bond acceptors (Lipinski definition) is 4. The molecule has 94 valence electrons. The molecule has 2 rings (SSSR count). The van der Waals surface area contributed by atoms with Gasteiger partial charge in [-0.2, -0.15) is 16.9 Å². The second-order valence-corrected chi connectivity index (χ2v) is 7.17. The zero-order valence-electron chi connectivity index (χ0n) is 10.3. The van der Waals surface area contributed by atoms with Gasteiger partial charge < -0.3 is 0 Å². The fourth-order valence-electron chi connectivity index (χ4n) is 1.88. The summed E-state index contributed by atoms with van der Waals surface area (Å²) in [6.45, 7) is 7.77. The zero-order valence-corrected chi connectivity index (χ0v) is 11.9. The molecular weight excluding hydrogens is 254 g/mol. The summed E-state index contributed by atoms with van der Waals surface area (Å²) < 4.78 is 0.403. The van der Waals surface area contributed by atoms with Crippen molar-refractivity contribution in [3.63, 3.8) is 0 Å². The van der Waals surface area contributed by atoms with Crippen LogP contribution in [0, 0.1) is 0 Å². The van der Waals surface area contributed by atoms with Gasteiger partial charge in [0.15, 0.2) is 5.15 Å². The van der Waals surface area contributed by atoms with Gasteiger partial charge in [-0.3, -0.25) is 4.90 Å². The lowest BCUT2D eigenvalue weighted by Gasteiger charge is -2.22. The molecule has 2 heterocycles. The largest absolute Gasteiger partial charge is 0.297 e. The number of aromatic nitrogens is 2. The Bertz CT molecular complexity index is 367. The average Bonchev–Trinajstić information content (AvgIpc) is 2.44. The molecule has 0 aliphatic carbocycles. The van der Waals surface area contributed by atoms with Crippen LogP contribution in [0.5, 0.6) is 0 Å². The van der Waals surface area contributed by atoms with Crippen LogP contribution in [0.25, 0.3) is 0 Å². The van der Waals surface area contributed by atoms with Gasteiger partial charge >= 0.3 is 0 Å². The second kappa shape index (κ2) is 5.55. The molecule has 1 saturated heterocycles. The molecule has 1 fully saturated rings. The quantitative estimate of drug-likeness (QED) is 0.827. The van der Waals surface area contributed by atoms with Crippen LogP contribution in [0.2, 0.25) is 5.15 Å². The molecule has 1 aromatic rings. The van der Waals surface area contributed by atoms with Gasteiger partial charge in [-0.25, -0.2) is 0 Å². The first kappa shape index (κ1) is 13.1. The minimum Gasteiger partial charge on any atom is -0.297 e. The van der Waals surface area contributed by atoms with Gasteiger partial charge in [-0.05, 0) is 25.1 Å². The molecule has 3 nitrogen and oxygen atoms in total. The van der Waals surface area contributed by atoms with Gasteiger partial charge in [0.2, 0.25) is 0 Å². The lowest BCUT2D eigenvalue weighted by molar-refractivity contribution is 0.272. The maximum Gasteiger partial charge on any atom is 0.151 e. The van der Waals surface area contributed by atoms with Crippen molar-refractivity contribution in [1.29, 1.82) is 0 Å². The van der Waals surface area contributed by atoms with Crippen molar-refractivity contribution in [1.82, 2.24) is 15.1 Å². The smallest absolute Gasteiger partial charge is 0.151 e. The molecule has 0 aromatic carbocycles. The first-order chi connectivity index (χ1) is 8.05. The number of hydrogen-bond donors (Lipinski definition) is 0. The van der Waals surface area contributed by atoms with E-state index in [1.165, 1.54) is 12.2 Å². The van der Waals surface area contributed by atoms with Gasteiger partial charge in [0.1, 0.15) is 0 Å². The van der Waals surface area contributed by atoms with E-state index in [0.717, 1.165) is 25.3 Å². The molecule has 1 aliphatic heterocycles. The maximum absolute atomic E-state index is 5.73. The van der Waals surface area contributed by atoms with Crippen molar-refractivity contribution < 1.29 is 0 Å². The van der Waals surface area contributed by atoms with Crippen molar-refractivity contribution in [3.05, 3.63) is 23.0 Å². The van der Waals surface area contributed by atoms with Gasteiger partial charge in [0.25, 0.3) is 0 Å². The van der Waals surface area contributed by atoms with Crippen LogP contribution >= 0.6 is 23.4 Å². The highest BCUT2D eigenvalue weighted by Crippen LogP contribution is 2.30. The SMILES string of the molecule is CC1(C)CCN(Cc2ccc(Cl)nn2)CCS1. The zero-order chi connectivity index (χ0) is 12.3. The van der Waals surface area contributed by atoms with E-state index in [1.54, 1.807) is 6.07 Å². The van der Waals surface area contributed by atoms with Gasteiger partial charge in [-0.1, -0.05) is 25.4 Å². The van der Waals surface area contributed by atoms with E-state index in [2.05, 4.69) is 40.7 Å². The average molecular weight is 272 g/mol. The predicted octanol–water partition coefficient (Wildman–Crippen LogP) is 2.85. The van der Waals surface area contributed by atoms with Crippen LogP contribution in [0.1, 0.15) is 26.0 Å². The first-order valence-corrected chi connectivity index (χ1v) is 7.26. The monoisotopic (exact) mass is 271 g/mol. The molecule has 0 saturated carbocycles. The topological polar surface area (TPSA) is 29.0 Å². The van der Waals surface area contributed by atoms with Crippen LogP contribution < -0.4 is 0 Å². The molecule has 0 bridgehead atoms. The van der Waals surface area contributed by atoms with Crippen LogP contribution in [0.3, 0.4) is 0 Å². The number of nitrogens with zero attached hydrogens (tertiary/aromatic N) is 3. The standard InChI is InChI=1S/C12H18ClN3S/c1-12(2)5-6-16(7-8-17-12)9-10-3-4-11(13)15-14-10/h3-4H,5-9H2,1-2H3. The molecule has 0 radical (unpaired) electrons. The summed E-state index contributed by atoms with van der Waals surface area (Å²) in [7, 11) is 0. The van der Waals surface area contributed by atoms with Gasteiger partial charge in [0.05, 0.1) is 5.69 Å². The third-order valence-electron chi connectivity index (χ3n) is 3.00. The van der Waals surface area contributed by atoms with Crippen molar-refractivity contribution >= 4 is 23.4 Å². The fraction of sp³-hybridized carbons (Fsp3) is 0.667. The third-order valence-corrected chi connectivity index (χ3v) is 4.58. The van der Waals surface area contributed by atoms with Crippen molar-refractivity contribution in [2.75, 3.05) is 18.8 Å². The van der Waals surface area contributed by atoms with Crippen molar-refractivity contribution in [2.24, 2.45) is 0 Å². The first-order valence-electron chi connectivity index (χ1n) is 5.90. The molecule has 5 heteroatoms. The van der Waals surface area contributed by atoms with E-state index in [-0.39, 0.29) is 0 Å². The molecule has 0 atom stereocenters. The van der Waals surface area contributed by atoms with E-state index < -0.39 is 0 Å². The molecule has 17 heavy (non-hydrogen) atoms. The van der Waals surface area contributed by atoms with E-state index in [0.29, 0.717) is 9.90 Å². The Morgan fingerprint density at radius 1 is 1.35 bits per heavy atom. The minimum atomic E-state index is 0.403. The highest BCUT2D eigenvalue weighted by Gasteiger charge is 2.23. The Labute approximate surface area is 112 Å². The Hall–Kier alpha value is -0.320. The fourth-order valence-corrected chi connectivity index (χ4v) is 3.12. The summed E-state index contributed by atoms with van der Waals surface area (Å²) in [5.41, 5.74) is 0.999. The normalized spacial score (nSPS) is 21.1. The molecule has 1 aliphatic rings. The van der Waals surface area contributed by atoms with Crippen molar-refractivity contribution in [3.8, 4) is 0 Å². The van der Waals surface area contributed by atoms with Gasteiger partial charge in [-0.15, -0.1) is 5.10 Å². The highest BCUT2D eigenvalue weighted by atomic mass is 35.5. The Balaban J connectivity index is 1.93. The number of halogens is 1. The third kappa shape index (κ3) is 4.12. The van der Waals surface area contributed by atoms with E-state index in [1.807, 2.05) is 6.07 Å². The minimum absolute atomic E-state index is 0.403.